The highest BCUT2D eigenvalue weighted by atomic mass is 32.1. The van der Waals surface area contributed by atoms with E-state index in [-0.39, 0.29) is 23.1 Å². The van der Waals surface area contributed by atoms with Crippen molar-refractivity contribution < 1.29 is 14.4 Å². The van der Waals surface area contributed by atoms with Gasteiger partial charge in [-0.15, -0.1) is 0 Å². The fourth-order valence-corrected chi connectivity index (χ4v) is 3.78. The number of amides is 3. The number of hydrogen-bond acceptors (Lipinski definition) is 4. The van der Waals surface area contributed by atoms with E-state index in [0.29, 0.717) is 25.2 Å². The number of thiocarbonyl (C=S) groups is 1. The molecule has 0 aliphatic carbocycles. The number of likely N-dealkylation sites (N-methyl/N-ethyl adjacent to an activating group) is 2. The second kappa shape index (κ2) is 8.57. The highest BCUT2D eigenvalue weighted by Gasteiger charge is 2.32. The largest absolute Gasteiger partial charge is 0.342 e. The molecule has 152 valence electrons. The third-order valence-corrected chi connectivity index (χ3v) is 5.37. The second-order valence-corrected chi connectivity index (χ2v) is 7.05. The van der Waals surface area contributed by atoms with E-state index in [1.54, 1.807) is 17.9 Å². The van der Waals surface area contributed by atoms with Gasteiger partial charge in [-0.2, -0.15) is 0 Å². The average Bonchev–Trinajstić information content (AvgIpc) is 3.04. The Morgan fingerprint density at radius 2 is 1.86 bits per heavy atom. The summed E-state index contributed by atoms with van der Waals surface area (Å²) in [5.41, 5.74) is 1.60. The lowest BCUT2D eigenvalue weighted by atomic mass is 10.1. The van der Waals surface area contributed by atoms with Crippen LogP contribution >= 0.6 is 12.2 Å². The van der Waals surface area contributed by atoms with Gasteiger partial charge in [0.25, 0.3) is 11.8 Å². The maximum absolute atomic E-state index is 12.7. The average molecular weight is 413 g/mol. The van der Waals surface area contributed by atoms with Gasteiger partial charge >= 0.3 is 0 Å². The minimum atomic E-state index is -0.513. The molecule has 0 unspecified atom stereocenters. The number of nitrogens with zero attached hydrogens (tertiary/aromatic N) is 3. The van der Waals surface area contributed by atoms with Gasteiger partial charge in [0.05, 0.1) is 0 Å². The number of aromatic nitrogens is 1. The first-order valence-corrected chi connectivity index (χ1v) is 10.1. The zero-order valence-corrected chi connectivity index (χ0v) is 17.6. The summed E-state index contributed by atoms with van der Waals surface area (Å²) in [6, 6.07) is 7.61. The van der Waals surface area contributed by atoms with Crippen LogP contribution in [-0.2, 0) is 20.9 Å². The Bertz CT molecular complexity index is 1020. The maximum Gasteiger partial charge on any atom is 0.265 e. The molecule has 3 amide bonds. The summed E-state index contributed by atoms with van der Waals surface area (Å²) in [6.45, 7) is 7.54. The molecule has 7 nitrogen and oxygen atoms in total. The molecule has 0 atom stereocenters. The molecule has 8 heteroatoms. The van der Waals surface area contributed by atoms with E-state index in [1.807, 2.05) is 48.9 Å². The van der Waals surface area contributed by atoms with Crippen LogP contribution in [-0.4, -0.2) is 56.8 Å². The summed E-state index contributed by atoms with van der Waals surface area (Å²) < 4.78 is 1.86. The van der Waals surface area contributed by atoms with Crippen molar-refractivity contribution in [3.8, 4) is 0 Å². The Kier molecular flexibility index (Phi) is 6.12. The van der Waals surface area contributed by atoms with E-state index >= 15 is 0 Å². The lowest BCUT2D eigenvalue weighted by molar-refractivity contribution is -0.131. The van der Waals surface area contributed by atoms with Crippen molar-refractivity contribution in [1.29, 1.82) is 0 Å². The first-order chi connectivity index (χ1) is 13.9. The lowest BCUT2D eigenvalue weighted by Gasteiger charge is -2.27. The third kappa shape index (κ3) is 3.93. The summed E-state index contributed by atoms with van der Waals surface area (Å²) >= 11 is 5.07. The molecular formula is C21H24N4O3S. The van der Waals surface area contributed by atoms with E-state index in [4.69, 9.17) is 12.2 Å². The quantitative estimate of drug-likeness (QED) is 0.448. The molecule has 1 aromatic carbocycles. The minimum Gasteiger partial charge on any atom is -0.342 e. The van der Waals surface area contributed by atoms with Crippen LogP contribution in [0.1, 0.15) is 26.3 Å². The van der Waals surface area contributed by atoms with Crippen molar-refractivity contribution >= 4 is 52.0 Å². The van der Waals surface area contributed by atoms with Crippen LogP contribution in [0.3, 0.4) is 0 Å². The zero-order valence-electron chi connectivity index (χ0n) is 16.8. The summed E-state index contributed by atoms with van der Waals surface area (Å²) in [4.78, 5) is 40.8. The molecule has 3 rings (SSSR count). The predicted molar refractivity (Wildman–Crippen MR) is 116 cm³/mol. The van der Waals surface area contributed by atoms with E-state index in [1.165, 1.54) is 4.90 Å². The van der Waals surface area contributed by atoms with Crippen LogP contribution in [0.4, 0.5) is 0 Å². The highest BCUT2D eigenvalue weighted by Crippen LogP contribution is 2.25. The number of benzene rings is 1. The van der Waals surface area contributed by atoms with Crippen molar-refractivity contribution in [3.63, 3.8) is 0 Å². The SMILES string of the molecule is CCN(CC)C(=O)Cn1cc(/C=C2\C(=O)NC(=S)N(CC)C2=O)c2ccccc21. The van der Waals surface area contributed by atoms with Crippen molar-refractivity contribution in [3.05, 3.63) is 41.6 Å². The van der Waals surface area contributed by atoms with Crippen LogP contribution in [0.2, 0.25) is 0 Å². The number of carbonyl (C=O) groups is 3. The summed E-state index contributed by atoms with van der Waals surface area (Å²) in [5, 5.41) is 3.54. The van der Waals surface area contributed by atoms with Crippen molar-refractivity contribution in [2.75, 3.05) is 19.6 Å². The number of nitrogens with one attached hydrogen (secondary N) is 1. The minimum absolute atomic E-state index is 0.0175. The highest BCUT2D eigenvalue weighted by molar-refractivity contribution is 7.80. The van der Waals surface area contributed by atoms with Crippen LogP contribution in [0.5, 0.6) is 0 Å². The molecule has 1 aliphatic heterocycles. The van der Waals surface area contributed by atoms with Gasteiger partial charge in [0.15, 0.2) is 5.11 Å². The van der Waals surface area contributed by atoms with Gasteiger partial charge in [-0.05, 0) is 45.1 Å². The third-order valence-electron chi connectivity index (χ3n) is 5.04. The van der Waals surface area contributed by atoms with Gasteiger partial charge in [-0.25, -0.2) is 0 Å². The number of rotatable bonds is 6. The van der Waals surface area contributed by atoms with Gasteiger partial charge in [-0.3, -0.25) is 24.6 Å². The normalized spacial score (nSPS) is 15.9. The second-order valence-electron chi connectivity index (χ2n) is 6.66. The van der Waals surface area contributed by atoms with E-state index in [0.717, 1.165) is 10.9 Å². The van der Waals surface area contributed by atoms with Gasteiger partial charge < -0.3 is 9.47 Å². The van der Waals surface area contributed by atoms with Crippen LogP contribution in [0, 0.1) is 0 Å². The first-order valence-electron chi connectivity index (χ1n) is 9.65. The molecule has 1 N–H and O–H groups in total. The Labute approximate surface area is 174 Å². The van der Waals surface area contributed by atoms with Crippen LogP contribution in [0.15, 0.2) is 36.0 Å². The lowest BCUT2D eigenvalue weighted by Crippen LogP contribution is -2.53. The molecule has 0 saturated carbocycles. The molecule has 1 saturated heterocycles. The molecule has 29 heavy (non-hydrogen) atoms. The van der Waals surface area contributed by atoms with E-state index in [2.05, 4.69) is 5.32 Å². The van der Waals surface area contributed by atoms with E-state index in [9.17, 15) is 14.4 Å². The molecule has 2 heterocycles. The maximum atomic E-state index is 12.7. The summed E-state index contributed by atoms with van der Waals surface area (Å²) in [6.07, 6.45) is 3.38. The summed E-state index contributed by atoms with van der Waals surface area (Å²) in [7, 11) is 0. The molecule has 2 aromatic rings. The van der Waals surface area contributed by atoms with Gasteiger partial charge in [0, 0.05) is 42.3 Å². The molecule has 1 fully saturated rings. The van der Waals surface area contributed by atoms with E-state index < -0.39 is 11.8 Å². The first kappa shape index (κ1) is 20.7. The van der Waals surface area contributed by atoms with Gasteiger partial charge in [0.2, 0.25) is 5.91 Å². The molecular weight excluding hydrogens is 388 g/mol. The molecule has 0 spiro atoms. The molecule has 0 bridgehead atoms. The zero-order chi connectivity index (χ0) is 21.1. The smallest absolute Gasteiger partial charge is 0.265 e. The Morgan fingerprint density at radius 3 is 2.52 bits per heavy atom. The predicted octanol–water partition coefficient (Wildman–Crippen LogP) is 2.16. The number of fused-ring (bicyclic) bond motifs is 1. The van der Waals surface area contributed by atoms with Crippen molar-refractivity contribution in [2.24, 2.45) is 0 Å². The fourth-order valence-electron chi connectivity index (χ4n) is 3.48. The monoisotopic (exact) mass is 412 g/mol. The Balaban J connectivity index is 2.03. The molecule has 1 aromatic heterocycles. The van der Waals surface area contributed by atoms with Gasteiger partial charge in [0.1, 0.15) is 12.1 Å². The Hall–Kier alpha value is -3.00. The number of para-hydroxylation sites is 1. The standard InChI is InChI=1S/C21H24N4O3S/c1-4-23(5-2)18(26)13-24-12-14(15-9-7-8-10-17(15)24)11-16-19(27)22-21(29)25(6-3)20(16)28/h7-12H,4-6,13H2,1-3H3,(H,22,27,29)/b16-11+. The topological polar surface area (TPSA) is 74.7 Å². The van der Waals surface area contributed by atoms with Gasteiger partial charge in [-0.1, -0.05) is 18.2 Å². The number of hydrogen-bond donors (Lipinski definition) is 1. The Morgan fingerprint density at radius 1 is 1.17 bits per heavy atom. The van der Waals surface area contributed by atoms with Crippen LogP contribution in [0.25, 0.3) is 17.0 Å². The summed E-state index contributed by atoms with van der Waals surface area (Å²) in [5.74, 6) is -0.915. The molecule has 1 aliphatic rings. The van der Waals surface area contributed by atoms with Crippen molar-refractivity contribution in [1.82, 2.24) is 19.7 Å². The fraction of sp³-hybridized carbons (Fsp3) is 0.333. The van der Waals surface area contributed by atoms with Crippen molar-refractivity contribution in [2.45, 2.75) is 27.3 Å². The number of carbonyl (C=O) groups excluding carboxylic acids is 3. The van der Waals surface area contributed by atoms with Crippen LogP contribution < -0.4 is 5.32 Å². The molecule has 0 radical (unpaired) electrons.